The van der Waals surface area contributed by atoms with Gasteiger partial charge in [0.2, 0.25) is 5.88 Å². The van der Waals surface area contributed by atoms with Crippen molar-refractivity contribution in [2.75, 3.05) is 19.3 Å². The Hall–Kier alpha value is -3.16. The molecule has 1 aliphatic heterocycles. The van der Waals surface area contributed by atoms with Crippen molar-refractivity contribution in [3.8, 4) is 11.9 Å². The number of ether oxygens (including phenoxy) is 1. The van der Waals surface area contributed by atoms with Gasteiger partial charge in [0.1, 0.15) is 22.9 Å². The van der Waals surface area contributed by atoms with E-state index >= 15 is 0 Å². The van der Waals surface area contributed by atoms with E-state index < -0.39 is 11.4 Å². The van der Waals surface area contributed by atoms with Gasteiger partial charge in [-0.2, -0.15) is 5.26 Å². The molecule has 34 heavy (non-hydrogen) atoms. The molecule has 3 heterocycles. The Kier molecular flexibility index (Phi) is 6.77. The number of nitrogens with two attached hydrogens (primary N) is 2. The molecule has 1 saturated heterocycles. The number of hydrogen-bond acceptors (Lipinski definition) is 9. The van der Waals surface area contributed by atoms with Crippen LogP contribution >= 0.6 is 11.3 Å². The molecule has 4 N–H and O–H groups in total. The molecule has 9 nitrogen and oxygen atoms in total. The zero-order chi connectivity index (χ0) is 24.5. The molecule has 10 heteroatoms. The van der Waals surface area contributed by atoms with Crippen LogP contribution in [0.15, 0.2) is 23.4 Å². The minimum absolute atomic E-state index is 0.0286. The average molecular weight is 483 g/mol. The number of carbonyl (C=O) groups excluding carboxylic acids is 1. The summed E-state index contributed by atoms with van der Waals surface area (Å²) < 4.78 is 6.05. The number of rotatable bonds is 6. The number of likely N-dealkylation sites (tertiary alicyclic amines) is 1. The number of likely N-dealkylation sites (N-methyl/N-ethyl adjacent to an activating group) is 1. The van der Waals surface area contributed by atoms with Crippen LogP contribution in [0.25, 0.3) is 0 Å². The monoisotopic (exact) mass is 482 g/mol. The predicted molar refractivity (Wildman–Crippen MR) is 131 cm³/mol. The summed E-state index contributed by atoms with van der Waals surface area (Å²) in [6.45, 7) is 4.86. The fourth-order valence-corrected chi connectivity index (χ4v) is 6.15. The second-order valence-corrected chi connectivity index (χ2v) is 10.3. The number of fused-ring (bicyclic) bond motifs is 1. The smallest absolute Gasteiger partial charge is 0.345 e. The first-order chi connectivity index (χ1) is 16.2. The number of nitrogens with zero attached hydrogens (tertiary/aromatic N) is 4. The van der Waals surface area contributed by atoms with E-state index in [2.05, 4.69) is 28.2 Å². The van der Waals surface area contributed by atoms with Gasteiger partial charge in [0, 0.05) is 22.5 Å². The summed E-state index contributed by atoms with van der Waals surface area (Å²) in [6.07, 6.45) is 4.32. The lowest BCUT2D eigenvalue weighted by molar-refractivity contribution is -0.150. The van der Waals surface area contributed by atoms with Crippen molar-refractivity contribution >= 4 is 28.1 Å². The van der Waals surface area contributed by atoms with Gasteiger partial charge in [0.25, 0.3) is 0 Å². The second kappa shape index (κ2) is 9.60. The Morgan fingerprint density at radius 1 is 1.44 bits per heavy atom. The number of nitriles is 1. The van der Waals surface area contributed by atoms with Crippen LogP contribution in [0.3, 0.4) is 0 Å². The van der Waals surface area contributed by atoms with Crippen LogP contribution in [-0.2, 0) is 21.5 Å². The maximum atomic E-state index is 13.1. The van der Waals surface area contributed by atoms with Crippen LogP contribution in [-0.4, -0.2) is 47.4 Å². The molecule has 0 bridgehead atoms. The maximum Gasteiger partial charge on any atom is 0.345 e. The van der Waals surface area contributed by atoms with Crippen molar-refractivity contribution in [3.05, 3.63) is 39.9 Å². The van der Waals surface area contributed by atoms with Crippen molar-refractivity contribution in [2.45, 2.75) is 63.5 Å². The summed E-state index contributed by atoms with van der Waals surface area (Å²) >= 11 is 1.36. The Morgan fingerprint density at radius 2 is 2.24 bits per heavy atom. The zero-order valence-corrected chi connectivity index (χ0v) is 20.5. The van der Waals surface area contributed by atoms with E-state index in [0.29, 0.717) is 40.2 Å². The molecule has 2 aromatic rings. The second-order valence-electron chi connectivity index (χ2n) is 9.17. The Balaban J connectivity index is 1.48. The molecule has 0 saturated carbocycles. The van der Waals surface area contributed by atoms with E-state index in [9.17, 15) is 10.1 Å². The van der Waals surface area contributed by atoms with Gasteiger partial charge in [-0.1, -0.05) is 11.2 Å². The summed E-state index contributed by atoms with van der Waals surface area (Å²) in [6, 6.07) is 7.70. The minimum atomic E-state index is -1.02. The van der Waals surface area contributed by atoms with Gasteiger partial charge < -0.3 is 21.0 Å². The maximum absolute atomic E-state index is 13.1. The number of pyridine rings is 1. The molecular formula is C24H30N6O3S. The van der Waals surface area contributed by atoms with E-state index in [-0.39, 0.29) is 11.9 Å². The van der Waals surface area contributed by atoms with Gasteiger partial charge in [-0.25, -0.2) is 9.78 Å². The van der Waals surface area contributed by atoms with Gasteiger partial charge in [0.15, 0.2) is 5.84 Å². The molecule has 0 spiro atoms. The molecule has 0 unspecified atom stereocenters. The molecule has 2 aliphatic rings. The predicted octanol–water partition coefficient (Wildman–Crippen LogP) is 2.92. The van der Waals surface area contributed by atoms with Gasteiger partial charge in [-0.15, -0.1) is 11.3 Å². The summed E-state index contributed by atoms with van der Waals surface area (Å²) in [5, 5.41) is 13.9. The van der Waals surface area contributed by atoms with Crippen molar-refractivity contribution in [2.24, 2.45) is 10.9 Å². The van der Waals surface area contributed by atoms with E-state index in [1.165, 1.54) is 11.3 Å². The Labute approximate surface area is 203 Å². The van der Waals surface area contributed by atoms with Crippen LogP contribution in [0.1, 0.15) is 61.2 Å². The molecule has 0 radical (unpaired) electrons. The molecule has 3 atom stereocenters. The lowest BCUT2D eigenvalue weighted by Gasteiger charge is -2.30. The van der Waals surface area contributed by atoms with Crippen LogP contribution in [0.4, 0.5) is 5.00 Å². The Bertz CT molecular complexity index is 1160. The van der Waals surface area contributed by atoms with Gasteiger partial charge in [0.05, 0.1) is 11.0 Å². The molecule has 0 amide bonds. The van der Waals surface area contributed by atoms with Crippen molar-refractivity contribution in [1.29, 1.82) is 5.26 Å². The van der Waals surface area contributed by atoms with E-state index in [0.717, 1.165) is 37.1 Å². The van der Waals surface area contributed by atoms with Gasteiger partial charge in [-0.05, 0) is 65.6 Å². The molecule has 1 aliphatic carbocycles. The van der Waals surface area contributed by atoms with Crippen molar-refractivity contribution in [3.63, 3.8) is 0 Å². The van der Waals surface area contributed by atoms with Crippen LogP contribution in [0, 0.1) is 11.3 Å². The number of anilines is 1. The molecule has 180 valence electrons. The molecule has 1 fully saturated rings. The van der Waals surface area contributed by atoms with Crippen LogP contribution in [0.2, 0.25) is 0 Å². The molecular weight excluding hydrogens is 452 g/mol. The normalized spacial score (nSPS) is 23.7. The quantitative estimate of drug-likeness (QED) is 0.277. The lowest BCUT2D eigenvalue weighted by atomic mass is 9.72. The number of nitrogen functional groups attached to an aromatic ring is 1. The van der Waals surface area contributed by atoms with Gasteiger partial charge in [-0.3, -0.25) is 4.90 Å². The summed E-state index contributed by atoms with van der Waals surface area (Å²) in [4.78, 5) is 26.1. The number of aryl methyl sites for hydroxylation is 1. The van der Waals surface area contributed by atoms with Crippen LogP contribution in [0.5, 0.6) is 5.88 Å². The third kappa shape index (κ3) is 4.45. The molecule has 2 aromatic heterocycles. The SMILES string of the molecule is C[C@H](Oc1cccc(/C(N)=N/OC(=O)[C@@]2(C)CCCc3sc(N)c(C#N)c32)n1)[C@@H]1CCCN1C. The number of thiophene rings is 1. The number of hydrogen-bond donors (Lipinski definition) is 2. The largest absolute Gasteiger partial charge is 0.473 e. The van der Waals surface area contributed by atoms with Crippen LogP contribution < -0.4 is 16.2 Å². The highest BCUT2D eigenvalue weighted by Gasteiger charge is 2.44. The number of aromatic nitrogens is 1. The highest BCUT2D eigenvalue weighted by atomic mass is 32.1. The van der Waals surface area contributed by atoms with E-state index in [1.54, 1.807) is 25.1 Å². The minimum Gasteiger partial charge on any atom is -0.473 e. The third-order valence-electron chi connectivity index (χ3n) is 6.84. The van der Waals surface area contributed by atoms with E-state index in [1.807, 2.05) is 6.92 Å². The summed E-state index contributed by atoms with van der Waals surface area (Å²) in [7, 11) is 2.10. The fraction of sp³-hybridized carbons (Fsp3) is 0.500. The number of carbonyl (C=O) groups is 1. The first-order valence-electron chi connectivity index (χ1n) is 11.5. The van der Waals surface area contributed by atoms with Gasteiger partial charge >= 0.3 is 5.97 Å². The van der Waals surface area contributed by atoms with E-state index in [4.69, 9.17) is 21.0 Å². The average Bonchev–Trinajstić information content (AvgIpc) is 3.40. The first-order valence-corrected chi connectivity index (χ1v) is 12.3. The highest BCUT2D eigenvalue weighted by molar-refractivity contribution is 7.16. The Morgan fingerprint density at radius 3 is 2.94 bits per heavy atom. The molecule has 4 rings (SSSR count). The highest BCUT2D eigenvalue weighted by Crippen LogP contribution is 2.46. The summed E-state index contributed by atoms with van der Waals surface area (Å²) in [5.41, 5.74) is 12.5. The third-order valence-corrected chi connectivity index (χ3v) is 7.92. The van der Waals surface area contributed by atoms with Crippen molar-refractivity contribution < 1.29 is 14.4 Å². The summed E-state index contributed by atoms with van der Waals surface area (Å²) in [5.74, 6) is -0.170. The standard InChI is InChI=1S/C24H30N6O3S/c1-14(17-8-6-12-30(17)3)32-19-10-4-7-16(28-19)21(26)29-33-23(31)24(2)11-5-9-18-20(24)15(13-25)22(27)34-18/h4,7,10,14,17H,5-6,8-9,11-12,27H2,1-3H3,(H2,26,29)/t14-,17-,24-/m0/s1. The lowest BCUT2D eigenvalue weighted by Crippen LogP contribution is -2.38. The zero-order valence-electron chi connectivity index (χ0n) is 19.7. The number of oxime groups is 1. The topological polar surface area (TPSA) is 140 Å². The fourth-order valence-electron chi connectivity index (χ4n) is 4.96. The first kappa shape index (κ1) is 24.0. The molecule has 0 aromatic carbocycles. The number of amidine groups is 1. The van der Waals surface area contributed by atoms with Crippen molar-refractivity contribution in [1.82, 2.24) is 9.88 Å².